The van der Waals surface area contributed by atoms with Crippen LogP contribution in [0.25, 0.3) is 0 Å². The Kier molecular flexibility index (Phi) is 11.4. The molecule has 2 rings (SSSR count). The maximum Gasteiger partial charge on any atom is 0.191 e. The van der Waals surface area contributed by atoms with Gasteiger partial charge in [-0.05, 0) is 71.5 Å². The lowest BCUT2D eigenvalue weighted by Crippen LogP contribution is -2.46. The van der Waals surface area contributed by atoms with Gasteiger partial charge in [-0.25, -0.2) is 0 Å². The molecule has 1 saturated heterocycles. The van der Waals surface area contributed by atoms with Gasteiger partial charge in [0.25, 0.3) is 0 Å². The van der Waals surface area contributed by atoms with Crippen LogP contribution in [0.5, 0.6) is 0 Å². The van der Waals surface area contributed by atoms with Crippen LogP contribution < -0.4 is 10.6 Å². The van der Waals surface area contributed by atoms with Gasteiger partial charge >= 0.3 is 0 Å². The van der Waals surface area contributed by atoms with Crippen LogP contribution in [0.4, 0.5) is 0 Å². The lowest BCUT2D eigenvalue weighted by atomic mass is 9.95. The van der Waals surface area contributed by atoms with E-state index in [1.54, 1.807) is 0 Å². The average Bonchev–Trinajstić information content (AvgIpc) is 2.71. The number of rotatable bonds is 10. The summed E-state index contributed by atoms with van der Waals surface area (Å²) < 4.78 is 12.1. The van der Waals surface area contributed by atoms with Gasteiger partial charge in [-0.2, -0.15) is 0 Å². The zero-order valence-corrected chi connectivity index (χ0v) is 18.5. The molecule has 158 valence electrons. The molecular formula is C21H42N4OS. The van der Waals surface area contributed by atoms with Crippen molar-refractivity contribution >= 4 is 16.8 Å². The molecule has 6 heteroatoms. The van der Waals surface area contributed by atoms with Crippen LogP contribution in [0, 0.1) is 0 Å². The van der Waals surface area contributed by atoms with E-state index in [4.69, 9.17) is 4.99 Å². The molecule has 27 heavy (non-hydrogen) atoms. The maximum atomic E-state index is 12.1. The fraction of sp³-hybridized carbons (Fsp3) is 0.952. The number of likely N-dealkylation sites (tertiary alicyclic amines) is 1. The molecule has 0 amide bonds. The first-order valence-corrected chi connectivity index (χ1v) is 12.8. The smallest absolute Gasteiger partial charge is 0.191 e. The third kappa shape index (κ3) is 8.95. The number of nitrogens with zero attached hydrogens (tertiary/aromatic N) is 2. The lowest BCUT2D eigenvalue weighted by Gasteiger charge is -2.30. The van der Waals surface area contributed by atoms with Gasteiger partial charge in [-0.15, -0.1) is 0 Å². The summed E-state index contributed by atoms with van der Waals surface area (Å²) in [4.78, 5) is 7.41. The van der Waals surface area contributed by atoms with Gasteiger partial charge < -0.3 is 15.5 Å². The number of guanidine groups is 1. The minimum atomic E-state index is -0.669. The zero-order valence-electron chi connectivity index (χ0n) is 17.7. The fourth-order valence-corrected chi connectivity index (χ4v) is 5.61. The number of aliphatic imine (C=N–C) groups is 1. The molecule has 2 aliphatic rings. The van der Waals surface area contributed by atoms with Crippen molar-refractivity contribution in [3.63, 3.8) is 0 Å². The van der Waals surface area contributed by atoms with E-state index in [-0.39, 0.29) is 0 Å². The Morgan fingerprint density at radius 1 is 1.07 bits per heavy atom. The second kappa shape index (κ2) is 13.5. The quantitative estimate of drug-likeness (QED) is 0.337. The predicted molar refractivity (Wildman–Crippen MR) is 118 cm³/mol. The summed E-state index contributed by atoms with van der Waals surface area (Å²) in [5.74, 6) is 1.73. The van der Waals surface area contributed by atoms with E-state index < -0.39 is 10.8 Å². The number of hydrogen-bond donors (Lipinski definition) is 2. The molecule has 0 aromatic carbocycles. The van der Waals surface area contributed by atoms with Gasteiger partial charge in [0.1, 0.15) is 0 Å². The van der Waals surface area contributed by atoms with Crippen molar-refractivity contribution in [3.05, 3.63) is 0 Å². The summed E-state index contributed by atoms with van der Waals surface area (Å²) in [5.41, 5.74) is 0. The molecule has 3 unspecified atom stereocenters. The van der Waals surface area contributed by atoms with Crippen LogP contribution in [-0.2, 0) is 10.8 Å². The summed E-state index contributed by atoms with van der Waals surface area (Å²) in [5, 5.41) is 7.35. The van der Waals surface area contributed by atoms with Crippen molar-refractivity contribution in [2.75, 3.05) is 38.5 Å². The van der Waals surface area contributed by atoms with E-state index in [0.717, 1.165) is 50.5 Å². The van der Waals surface area contributed by atoms with Gasteiger partial charge in [0.05, 0.1) is 0 Å². The highest BCUT2D eigenvalue weighted by Gasteiger charge is 2.25. The minimum Gasteiger partial charge on any atom is -0.357 e. The Hall–Kier alpha value is -0.620. The largest absolute Gasteiger partial charge is 0.357 e. The third-order valence-corrected chi connectivity index (χ3v) is 7.56. The molecule has 0 bridgehead atoms. The molecule has 0 radical (unpaired) electrons. The van der Waals surface area contributed by atoms with Gasteiger partial charge in [0.15, 0.2) is 5.96 Å². The Labute approximate surface area is 169 Å². The molecule has 1 saturated carbocycles. The predicted octanol–water partition coefficient (Wildman–Crippen LogP) is 3.28. The van der Waals surface area contributed by atoms with E-state index in [1.165, 1.54) is 58.2 Å². The normalized spacial score (nSPS) is 25.9. The summed E-state index contributed by atoms with van der Waals surface area (Å²) in [7, 11) is -0.669. The standard InChI is InChI=1S/C21H42N4OS/c1-3-22-21(24-19-12-11-13-20(18-19)27(26)4-2)23-14-7-5-8-15-25-16-9-6-10-17-25/h19-20H,3-18H2,1-2H3,(H2,22,23,24). The molecule has 3 atom stereocenters. The van der Waals surface area contributed by atoms with Crippen LogP contribution in [0.15, 0.2) is 4.99 Å². The molecule has 1 heterocycles. The molecule has 0 aromatic rings. The SMILES string of the molecule is CCNC(=NCCCCCN1CCCCC1)NC1CCCC(S(=O)CC)C1. The van der Waals surface area contributed by atoms with Crippen molar-refractivity contribution in [2.45, 2.75) is 89.3 Å². The van der Waals surface area contributed by atoms with E-state index in [1.807, 2.05) is 6.92 Å². The van der Waals surface area contributed by atoms with Crippen LogP contribution in [-0.4, -0.2) is 64.8 Å². The van der Waals surface area contributed by atoms with Gasteiger partial charge in [0.2, 0.25) is 0 Å². The molecule has 0 aromatic heterocycles. The molecule has 2 fully saturated rings. The molecule has 0 spiro atoms. The number of hydrogen-bond acceptors (Lipinski definition) is 3. The number of piperidine rings is 1. The first-order chi connectivity index (χ1) is 13.2. The summed E-state index contributed by atoms with van der Waals surface area (Å²) >= 11 is 0. The topological polar surface area (TPSA) is 56.7 Å². The van der Waals surface area contributed by atoms with Gasteiger partial charge in [0, 0.05) is 40.9 Å². The number of nitrogens with one attached hydrogen (secondary N) is 2. The first-order valence-electron chi connectivity index (χ1n) is 11.4. The van der Waals surface area contributed by atoms with Crippen LogP contribution >= 0.6 is 0 Å². The molecule has 1 aliphatic carbocycles. The Morgan fingerprint density at radius 2 is 1.89 bits per heavy atom. The zero-order chi connectivity index (χ0) is 19.3. The van der Waals surface area contributed by atoms with E-state index in [2.05, 4.69) is 22.5 Å². The summed E-state index contributed by atoms with van der Waals surface area (Å²) in [6.07, 6.45) is 12.4. The van der Waals surface area contributed by atoms with E-state index in [0.29, 0.717) is 11.3 Å². The monoisotopic (exact) mass is 398 g/mol. The van der Waals surface area contributed by atoms with Gasteiger partial charge in [-0.1, -0.05) is 26.2 Å². The highest BCUT2D eigenvalue weighted by atomic mass is 32.2. The fourth-order valence-electron chi connectivity index (χ4n) is 4.26. The van der Waals surface area contributed by atoms with Crippen LogP contribution in [0.2, 0.25) is 0 Å². The van der Waals surface area contributed by atoms with Crippen molar-refractivity contribution < 1.29 is 4.21 Å². The summed E-state index contributed by atoms with van der Waals surface area (Å²) in [6.45, 7) is 9.80. The Balaban J connectivity index is 1.66. The number of unbranched alkanes of at least 4 members (excludes halogenated alkanes) is 2. The van der Waals surface area contributed by atoms with E-state index >= 15 is 0 Å². The molecule has 1 aliphatic heterocycles. The molecule has 5 nitrogen and oxygen atoms in total. The Bertz CT molecular complexity index is 451. The molecular weight excluding hydrogens is 356 g/mol. The second-order valence-corrected chi connectivity index (χ2v) is 10.0. The van der Waals surface area contributed by atoms with Crippen molar-refractivity contribution in [3.8, 4) is 0 Å². The highest BCUT2D eigenvalue weighted by molar-refractivity contribution is 7.85. The maximum absolute atomic E-state index is 12.1. The van der Waals surface area contributed by atoms with Crippen molar-refractivity contribution in [2.24, 2.45) is 4.99 Å². The van der Waals surface area contributed by atoms with E-state index in [9.17, 15) is 4.21 Å². The highest BCUT2D eigenvalue weighted by Crippen LogP contribution is 2.23. The lowest BCUT2D eigenvalue weighted by molar-refractivity contribution is 0.224. The third-order valence-electron chi connectivity index (χ3n) is 5.82. The summed E-state index contributed by atoms with van der Waals surface area (Å²) in [6, 6.07) is 0.413. The average molecular weight is 399 g/mol. The second-order valence-electron chi connectivity index (χ2n) is 8.02. The van der Waals surface area contributed by atoms with Crippen molar-refractivity contribution in [1.29, 1.82) is 0 Å². The molecule has 2 N–H and O–H groups in total. The first kappa shape index (κ1) is 22.7. The minimum absolute atomic E-state index is 0.360. The van der Waals surface area contributed by atoms with Gasteiger partial charge in [-0.3, -0.25) is 9.20 Å². The van der Waals surface area contributed by atoms with Crippen LogP contribution in [0.1, 0.15) is 78.1 Å². The van der Waals surface area contributed by atoms with Crippen molar-refractivity contribution in [1.82, 2.24) is 15.5 Å². The Morgan fingerprint density at radius 3 is 2.63 bits per heavy atom. The van der Waals surface area contributed by atoms with Crippen LogP contribution in [0.3, 0.4) is 0 Å².